The Morgan fingerprint density at radius 3 is 2.48 bits per heavy atom. The number of hydrogen-bond donors (Lipinski definition) is 1. The van der Waals surface area contributed by atoms with Gasteiger partial charge in [0.2, 0.25) is 0 Å². The van der Waals surface area contributed by atoms with Crippen LogP contribution >= 0.6 is 0 Å². The molecule has 8 heteroatoms. The van der Waals surface area contributed by atoms with Gasteiger partial charge in [-0.05, 0) is 6.07 Å². The number of nitro groups is 1. The average Bonchev–Trinajstić information content (AvgIpc) is 2.59. The molecule has 0 amide bonds. The van der Waals surface area contributed by atoms with Crippen LogP contribution in [-0.4, -0.2) is 50.2 Å². The zero-order valence-electron chi connectivity index (χ0n) is 13.2. The third kappa shape index (κ3) is 3.70. The minimum Gasteiger partial charge on any atom is -0.493 e. The molecule has 1 saturated heterocycles. The Morgan fingerprint density at radius 1 is 1.35 bits per heavy atom. The van der Waals surface area contributed by atoms with Crippen molar-refractivity contribution in [3.05, 3.63) is 27.8 Å². The van der Waals surface area contributed by atoms with Gasteiger partial charge >= 0.3 is 0 Å². The topological polar surface area (TPSA) is 101 Å². The molecule has 0 aromatic heterocycles. The molecule has 2 rings (SSSR count). The predicted molar refractivity (Wildman–Crippen MR) is 83.6 cm³/mol. The summed E-state index contributed by atoms with van der Waals surface area (Å²) in [5.74, 6) is 0.727. The summed E-state index contributed by atoms with van der Waals surface area (Å²) in [5.41, 5.74) is 0.428. The lowest BCUT2D eigenvalue weighted by molar-refractivity contribution is -0.386. The number of rotatable bonds is 6. The van der Waals surface area contributed by atoms with Gasteiger partial charge in [-0.2, -0.15) is 5.26 Å². The van der Waals surface area contributed by atoms with Crippen LogP contribution in [-0.2, 0) is 0 Å². The summed E-state index contributed by atoms with van der Waals surface area (Å²) < 4.78 is 10.4. The SMILES string of the molecule is COc1cc([C@@H](CC#N)N2CCNCC2)c([N+](=O)[O-])cc1OC. The van der Waals surface area contributed by atoms with E-state index in [4.69, 9.17) is 14.7 Å². The fourth-order valence-electron chi connectivity index (χ4n) is 2.83. The first-order chi connectivity index (χ1) is 11.1. The van der Waals surface area contributed by atoms with Crippen molar-refractivity contribution in [1.82, 2.24) is 10.2 Å². The van der Waals surface area contributed by atoms with Gasteiger partial charge in [0, 0.05) is 26.2 Å². The van der Waals surface area contributed by atoms with Gasteiger partial charge < -0.3 is 14.8 Å². The first kappa shape index (κ1) is 17.0. The van der Waals surface area contributed by atoms with Crippen molar-refractivity contribution in [1.29, 1.82) is 5.26 Å². The monoisotopic (exact) mass is 320 g/mol. The second kappa shape index (κ2) is 7.76. The second-order valence-electron chi connectivity index (χ2n) is 5.19. The molecule has 0 radical (unpaired) electrons. The maximum atomic E-state index is 11.5. The van der Waals surface area contributed by atoms with Crippen molar-refractivity contribution >= 4 is 5.69 Å². The standard InChI is InChI=1S/C15H20N4O4/c1-22-14-9-11(13(19(20)21)10-15(14)23-2)12(3-4-16)18-7-5-17-6-8-18/h9-10,12,17H,3,5-8H2,1-2H3/t12-/m1/s1. The molecule has 1 N–H and O–H groups in total. The first-order valence-corrected chi connectivity index (χ1v) is 7.34. The lowest BCUT2D eigenvalue weighted by Gasteiger charge is -2.34. The quantitative estimate of drug-likeness (QED) is 0.625. The smallest absolute Gasteiger partial charge is 0.278 e. The van der Waals surface area contributed by atoms with Crippen molar-refractivity contribution in [3.63, 3.8) is 0 Å². The minimum atomic E-state index is -0.441. The summed E-state index contributed by atoms with van der Waals surface area (Å²) in [7, 11) is 2.92. The van der Waals surface area contributed by atoms with Crippen molar-refractivity contribution in [2.75, 3.05) is 40.4 Å². The molecular formula is C15H20N4O4. The lowest BCUT2D eigenvalue weighted by atomic mass is 9.99. The maximum Gasteiger partial charge on any atom is 0.278 e. The molecule has 1 atom stereocenters. The average molecular weight is 320 g/mol. The number of benzene rings is 1. The van der Waals surface area contributed by atoms with Crippen molar-refractivity contribution in [2.45, 2.75) is 12.5 Å². The van der Waals surface area contributed by atoms with Crippen LogP contribution < -0.4 is 14.8 Å². The minimum absolute atomic E-state index is 0.0542. The highest BCUT2D eigenvalue weighted by Gasteiger charge is 2.30. The molecule has 0 unspecified atom stereocenters. The summed E-state index contributed by atoms with van der Waals surface area (Å²) in [6.45, 7) is 3.06. The fraction of sp³-hybridized carbons (Fsp3) is 0.533. The molecule has 1 aromatic carbocycles. The molecule has 1 aromatic rings. The molecular weight excluding hydrogens is 300 g/mol. The summed E-state index contributed by atoms with van der Waals surface area (Å²) in [6.07, 6.45) is 0.177. The predicted octanol–water partition coefficient (Wildman–Crippen LogP) is 1.47. The first-order valence-electron chi connectivity index (χ1n) is 7.34. The van der Waals surface area contributed by atoms with Crippen LogP contribution in [0, 0.1) is 21.4 Å². The van der Waals surface area contributed by atoms with Crippen molar-refractivity contribution in [2.24, 2.45) is 0 Å². The van der Waals surface area contributed by atoms with Crippen LogP contribution in [0.1, 0.15) is 18.0 Å². The Balaban J connectivity index is 2.51. The zero-order valence-corrected chi connectivity index (χ0v) is 13.2. The number of nitrogens with one attached hydrogen (secondary N) is 1. The molecule has 1 fully saturated rings. The number of nitriles is 1. The molecule has 0 spiro atoms. The Bertz CT molecular complexity index is 608. The van der Waals surface area contributed by atoms with E-state index in [0.717, 1.165) is 26.2 Å². The van der Waals surface area contributed by atoms with Gasteiger partial charge in [-0.3, -0.25) is 15.0 Å². The van der Waals surface area contributed by atoms with Gasteiger partial charge in [-0.25, -0.2) is 0 Å². The van der Waals surface area contributed by atoms with E-state index in [-0.39, 0.29) is 18.2 Å². The van der Waals surface area contributed by atoms with Gasteiger partial charge in [0.1, 0.15) is 0 Å². The van der Waals surface area contributed by atoms with Crippen LogP contribution in [0.15, 0.2) is 12.1 Å². The molecule has 0 saturated carbocycles. The molecule has 23 heavy (non-hydrogen) atoms. The van der Waals surface area contributed by atoms with Gasteiger partial charge in [-0.15, -0.1) is 0 Å². The normalized spacial score (nSPS) is 16.4. The number of nitro benzene ring substituents is 1. The number of nitrogens with zero attached hydrogens (tertiary/aromatic N) is 3. The summed E-state index contributed by atoms with van der Waals surface area (Å²) in [5, 5.41) is 23.9. The Morgan fingerprint density at radius 2 is 1.96 bits per heavy atom. The molecule has 1 heterocycles. The van der Waals surface area contributed by atoms with Crippen LogP contribution in [0.4, 0.5) is 5.69 Å². The molecule has 124 valence electrons. The number of methoxy groups -OCH3 is 2. The van der Waals surface area contributed by atoms with E-state index in [9.17, 15) is 10.1 Å². The highest BCUT2D eigenvalue weighted by molar-refractivity contribution is 5.55. The van der Waals surface area contributed by atoms with E-state index >= 15 is 0 Å². The summed E-state index contributed by atoms with van der Waals surface area (Å²) >= 11 is 0. The van der Waals surface area contributed by atoms with Crippen LogP contribution in [0.3, 0.4) is 0 Å². The lowest BCUT2D eigenvalue weighted by Crippen LogP contribution is -2.45. The molecule has 0 aliphatic carbocycles. The Kier molecular flexibility index (Phi) is 5.73. The Labute approximate surface area is 134 Å². The van der Waals surface area contributed by atoms with Crippen LogP contribution in [0.25, 0.3) is 0 Å². The van der Waals surface area contributed by atoms with E-state index in [1.807, 2.05) is 0 Å². The Hall–Kier alpha value is -2.37. The van der Waals surface area contributed by atoms with Crippen LogP contribution in [0.5, 0.6) is 11.5 Å². The van der Waals surface area contributed by atoms with Gasteiger partial charge in [0.15, 0.2) is 11.5 Å². The number of piperazine rings is 1. The highest BCUT2D eigenvalue weighted by atomic mass is 16.6. The zero-order chi connectivity index (χ0) is 16.8. The molecule has 1 aliphatic rings. The third-order valence-electron chi connectivity index (χ3n) is 3.97. The summed E-state index contributed by atoms with van der Waals surface area (Å²) in [6, 6.07) is 4.77. The number of hydrogen-bond acceptors (Lipinski definition) is 7. The second-order valence-corrected chi connectivity index (χ2v) is 5.19. The van der Waals surface area contributed by atoms with Crippen molar-refractivity contribution < 1.29 is 14.4 Å². The molecule has 1 aliphatic heterocycles. The van der Waals surface area contributed by atoms with E-state index in [1.165, 1.54) is 20.3 Å². The summed E-state index contributed by atoms with van der Waals surface area (Å²) in [4.78, 5) is 13.1. The van der Waals surface area contributed by atoms with E-state index in [1.54, 1.807) is 6.07 Å². The highest BCUT2D eigenvalue weighted by Crippen LogP contribution is 2.40. The molecule has 0 bridgehead atoms. The van der Waals surface area contributed by atoms with Crippen molar-refractivity contribution in [3.8, 4) is 17.6 Å². The maximum absolute atomic E-state index is 11.5. The van der Waals surface area contributed by atoms with E-state index in [2.05, 4.69) is 16.3 Å². The largest absolute Gasteiger partial charge is 0.493 e. The van der Waals surface area contributed by atoms with E-state index < -0.39 is 4.92 Å². The van der Waals surface area contributed by atoms with Gasteiger partial charge in [-0.1, -0.05) is 0 Å². The number of ether oxygens (including phenoxy) is 2. The van der Waals surface area contributed by atoms with Crippen LogP contribution in [0.2, 0.25) is 0 Å². The van der Waals surface area contributed by atoms with Gasteiger partial charge in [0.05, 0.1) is 49.3 Å². The molecule has 8 nitrogen and oxygen atoms in total. The third-order valence-corrected chi connectivity index (χ3v) is 3.97. The van der Waals surface area contributed by atoms with E-state index in [0.29, 0.717) is 17.1 Å². The van der Waals surface area contributed by atoms with Gasteiger partial charge in [0.25, 0.3) is 5.69 Å². The fourth-order valence-corrected chi connectivity index (χ4v) is 2.83.